The smallest absolute Gasteiger partial charge is 0.323 e. The molecule has 1 aromatic heterocycles. The maximum atomic E-state index is 11.7. The first kappa shape index (κ1) is 13.0. The van der Waals surface area contributed by atoms with E-state index < -0.39 is 0 Å². The van der Waals surface area contributed by atoms with Crippen molar-refractivity contribution in [3.63, 3.8) is 0 Å². The summed E-state index contributed by atoms with van der Waals surface area (Å²) < 4.78 is 6.96. The third-order valence-electron chi connectivity index (χ3n) is 3.49. The van der Waals surface area contributed by atoms with E-state index in [0.717, 1.165) is 25.9 Å². The average molecular weight is 252 g/mol. The summed E-state index contributed by atoms with van der Waals surface area (Å²) in [5.41, 5.74) is 0. The average Bonchev–Trinajstić information content (AvgIpc) is 2.92. The van der Waals surface area contributed by atoms with Crippen LogP contribution in [0.4, 0.5) is 0 Å². The largest absolute Gasteiger partial charge is 0.465 e. The van der Waals surface area contributed by atoms with Gasteiger partial charge in [0, 0.05) is 19.3 Å². The second-order valence-corrected chi connectivity index (χ2v) is 4.58. The van der Waals surface area contributed by atoms with Crippen molar-refractivity contribution in [2.24, 2.45) is 0 Å². The van der Waals surface area contributed by atoms with Crippen LogP contribution in [0.5, 0.6) is 0 Å². The first-order chi connectivity index (χ1) is 8.72. The molecular formula is C12H20N4O2. The number of ether oxygens (including phenoxy) is 1. The van der Waals surface area contributed by atoms with E-state index in [9.17, 15) is 4.79 Å². The van der Waals surface area contributed by atoms with Gasteiger partial charge in [0.05, 0.1) is 18.8 Å². The molecule has 0 amide bonds. The van der Waals surface area contributed by atoms with Gasteiger partial charge in [0.25, 0.3) is 0 Å². The summed E-state index contributed by atoms with van der Waals surface area (Å²) in [6, 6.07) is 0.250. The molecule has 2 rings (SSSR count). The molecule has 18 heavy (non-hydrogen) atoms. The van der Waals surface area contributed by atoms with Crippen LogP contribution in [0.3, 0.4) is 0 Å². The van der Waals surface area contributed by atoms with Gasteiger partial charge in [-0.05, 0) is 26.7 Å². The summed E-state index contributed by atoms with van der Waals surface area (Å²) in [7, 11) is 0. The molecule has 0 radical (unpaired) electrons. The number of esters is 1. The fourth-order valence-electron chi connectivity index (χ4n) is 2.36. The number of rotatable bonds is 4. The molecule has 6 heteroatoms. The highest BCUT2D eigenvalue weighted by Crippen LogP contribution is 2.22. The molecule has 0 aliphatic carbocycles. The molecule has 0 bridgehead atoms. The zero-order valence-electron chi connectivity index (χ0n) is 11.0. The summed E-state index contributed by atoms with van der Waals surface area (Å²) in [5, 5.41) is 7.86. The van der Waals surface area contributed by atoms with Gasteiger partial charge < -0.3 is 4.74 Å². The van der Waals surface area contributed by atoms with E-state index in [4.69, 9.17) is 4.74 Å². The lowest BCUT2D eigenvalue weighted by molar-refractivity contribution is -0.149. The molecule has 6 nitrogen and oxygen atoms in total. The van der Waals surface area contributed by atoms with E-state index in [1.54, 1.807) is 6.20 Å². The Morgan fingerprint density at radius 1 is 1.50 bits per heavy atom. The second-order valence-electron chi connectivity index (χ2n) is 4.58. The molecule has 0 spiro atoms. The van der Waals surface area contributed by atoms with Crippen LogP contribution in [0, 0.1) is 0 Å². The molecule has 0 saturated carbocycles. The van der Waals surface area contributed by atoms with Crippen molar-refractivity contribution >= 4 is 5.97 Å². The van der Waals surface area contributed by atoms with Gasteiger partial charge in [-0.2, -0.15) is 0 Å². The van der Waals surface area contributed by atoms with E-state index in [1.165, 1.54) is 0 Å². The lowest BCUT2D eigenvalue weighted by atomic mass is 10.0. The number of nitrogens with zero attached hydrogens (tertiary/aromatic N) is 4. The molecule has 1 aromatic rings. The highest BCUT2D eigenvalue weighted by molar-refractivity contribution is 5.75. The van der Waals surface area contributed by atoms with Crippen LogP contribution >= 0.6 is 0 Å². The number of hydrogen-bond donors (Lipinski definition) is 0. The van der Waals surface area contributed by atoms with Crippen LogP contribution in [-0.2, 0) is 9.53 Å². The fourth-order valence-corrected chi connectivity index (χ4v) is 2.36. The van der Waals surface area contributed by atoms with Crippen molar-refractivity contribution in [3.8, 4) is 0 Å². The van der Waals surface area contributed by atoms with Gasteiger partial charge >= 0.3 is 5.97 Å². The molecule has 2 heterocycles. The molecule has 1 atom stereocenters. The SMILES string of the molecule is CCOC(=O)[C@@H](C)N1CCC(n2ccnn2)CC1. The van der Waals surface area contributed by atoms with E-state index in [-0.39, 0.29) is 12.0 Å². The predicted molar refractivity (Wildman–Crippen MR) is 66.0 cm³/mol. The van der Waals surface area contributed by atoms with Gasteiger partial charge in [-0.15, -0.1) is 5.10 Å². The number of hydrogen-bond acceptors (Lipinski definition) is 5. The van der Waals surface area contributed by atoms with Crippen LogP contribution in [0.25, 0.3) is 0 Å². The highest BCUT2D eigenvalue weighted by Gasteiger charge is 2.28. The van der Waals surface area contributed by atoms with Crippen LogP contribution in [0.1, 0.15) is 32.7 Å². The topological polar surface area (TPSA) is 60.2 Å². The van der Waals surface area contributed by atoms with Crippen LogP contribution in [-0.4, -0.2) is 51.6 Å². The van der Waals surface area contributed by atoms with Gasteiger partial charge in [-0.25, -0.2) is 4.68 Å². The van der Waals surface area contributed by atoms with Gasteiger partial charge in [-0.3, -0.25) is 9.69 Å². The van der Waals surface area contributed by atoms with Gasteiger partial charge in [0.2, 0.25) is 0 Å². The minimum absolute atomic E-state index is 0.128. The molecule has 0 N–H and O–H groups in total. The lowest BCUT2D eigenvalue weighted by Gasteiger charge is -2.34. The van der Waals surface area contributed by atoms with E-state index >= 15 is 0 Å². The number of carbonyl (C=O) groups is 1. The quantitative estimate of drug-likeness (QED) is 0.744. The Morgan fingerprint density at radius 3 is 2.78 bits per heavy atom. The Labute approximate surface area is 107 Å². The molecule has 0 unspecified atom stereocenters. The third kappa shape index (κ3) is 2.87. The standard InChI is InChI=1S/C12H20N4O2/c1-3-18-12(17)10(2)15-7-4-11(5-8-15)16-9-6-13-14-16/h6,9-11H,3-5,7-8H2,1-2H3/t10-/m1/s1. The molecule has 1 aliphatic heterocycles. The number of aromatic nitrogens is 3. The minimum atomic E-state index is -0.151. The number of likely N-dealkylation sites (tertiary alicyclic amines) is 1. The molecule has 1 aliphatic rings. The van der Waals surface area contributed by atoms with Gasteiger partial charge in [0.1, 0.15) is 6.04 Å². The zero-order chi connectivity index (χ0) is 13.0. The van der Waals surface area contributed by atoms with Crippen LogP contribution in [0.15, 0.2) is 12.4 Å². The maximum Gasteiger partial charge on any atom is 0.323 e. The normalized spacial score (nSPS) is 19.7. The zero-order valence-corrected chi connectivity index (χ0v) is 11.0. The summed E-state index contributed by atoms with van der Waals surface area (Å²) in [4.78, 5) is 13.8. The molecule has 0 aromatic carbocycles. The van der Waals surface area contributed by atoms with Gasteiger partial charge in [-0.1, -0.05) is 5.21 Å². The lowest BCUT2D eigenvalue weighted by Crippen LogP contribution is -2.45. The number of piperidine rings is 1. The van der Waals surface area contributed by atoms with Crippen molar-refractivity contribution < 1.29 is 9.53 Å². The molecular weight excluding hydrogens is 232 g/mol. The Bertz CT molecular complexity index is 371. The predicted octanol–water partition coefficient (Wildman–Crippen LogP) is 0.867. The van der Waals surface area contributed by atoms with Crippen LogP contribution < -0.4 is 0 Å². The Balaban J connectivity index is 1.84. The summed E-state index contributed by atoms with van der Waals surface area (Å²) in [5.74, 6) is -0.128. The molecule has 1 fully saturated rings. The Hall–Kier alpha value is -1.43. The maximum absolute atomic E-state index is 11.7. The van der Waals surface area contributed by atoms with Crippen LogP contribution in [0.2, 0.25) is 0 Å². The summed E-state index contributed by atoms with van der Waals surface area (Å²) >= 11 is 0. The molecule has 1 saturated heterocycles. The number of carbonyl (C=O) groups excluding carboxylic acids is 1. The van der Waals surface area contributed by atoms with Gasteiger partial charge in [0.15, 0.2) is 0 Å². The Kier molecular flexibility index (Phi) is 4.30. The van der Waals surface area contributed by atoms with Crippen molar-refractivity contribution in [3.05, 3.63) is 12.4 Å². The Morgan fingerprint density at radius 2 is 2.22 bits per heavy atom. The van der Waals surface area contributed by atoms with Crippen molar-refractivity contribution in [2.75, 3.05) is 19.7 Å². The monoisotopic (exact) mass is 252 g/mol. The van der Waals surface area contributed by atoms with Crippen molar-refractivity contribution in [2.45, 2.75) is 38.8 Å². The first-order valence-electron chi connectivity index (χ1n) is 6.49. The first-order valence-corrected chi connectivity index (χ1v) is 6.49. The van der Waals surface area contributed by atoms with E-state index in [1.807, 2.05) is 24.7 Å². The van der Waals surface area contributed by atoms with E-state index in [0.29, 0.717) is 12.6 Å². The van der Waals surface area contributed by atoms with Crippen molar-refractivity contribution in [1.82, 2.24) is 19.9 Å². The molecule has 100 valence electrons. The van der Waals surface area contributed by atoms with E-state index in [2.05, 4.69) is 15.2 Å². The highest BCUT2D eigenvalue weighted by atomic mass is 16.5. The minimum Gasteiger partial charge on any atom is -0.465 e. The fraction of sp³-hybridized carbons (Fsp3) is 0.750. The van der Waals surface area contributed by atoms with Crippen molar-refractivity contribution in [1.29, 1.82) is 0 Å². The third-order valence-corrected chi connectivity index (χ3v) is 3.49. The summed E-state index contributed by atoms with van der Waals surface area (Å²) in [6.45, 7) is 5.98. The summed E-state index contributed by atoms with van der Waals surface area (Å²) in [6.07, 6.45) is 5.59. The second kappa shape index (κ2) is 5.95.